The molecule has 1 N–H and O–H groups in total. The third kappa shape index (κ3) is 4.15. The summed E-state index contributed by atoms with van der Waals surface area (Å²) in [7, 11) is -3.22. The molecule has 0 aliphatic carbocycles. The summed E-state index contributed by atoms with van der Waals surface area (Å²) in [6.45, 7) is 0.611. The van der Waals surface area contributed by atoms with E-state index in [1.54, 1.807) is 0 Å². The molecule has 0 saturated carbocycles. The van der Waals surface area contributed by atoms with E-state index >= 15 is 0 Å². The van der Waals surface area contributed by atoms with Gasteiger partial charge in [-0.1, -0.05) is 11.6 Å². The van der Waals surface area contributed by atoms with Gasteiger partial charge >= 0.3 is 0 Å². The van der Waals surface area contributed by atoms with Crippen LogP contribution in [-0.4, -0.2) is 38.0 Å². The number of halogens is 2. The molecule has 1 fully saturated rings. The maximum atomic E-state index is 13.6. The van der Waals surface area contributed by atoms with Crippen LogP contribution in [0.5, 0.6) is 0 Å². The number of nitrogens with zero attached hydrogens (tertiary/aromatic N) is 1. The van der Waals surface area contributed by atoms with Crippen LogP contribution >= 0.6 is 11.6 Å². The molecule has 116 valence electrons. The van der Waals surface area contributed by atoms with Crippen LogP contribution in [0.1, 0.15) is 12.8 Å². The second-order valence-corrected chi connectivity index (χ2v) is 7.47. The van der Waals surface area contributed by atoms with Gasteiger partial charge in [-0.25, -0.2) is 17.1 Å². The molecule has 1 aliphatic heterocycles. The second kappa shape index (κ2) is 6.29. The minimum atomic E-state index is -3.22. The minimum Gasteiger partial charge on any atom is -0.323 e. The summed E-state index contributed by atoms with van der Waals surface area (Å²) in [4.78, 5) is 12.1. The number of amides is 1. The molecular formula is C13H16ClFN2O3S. The maximum absolute atomic E-state index is 13.6. The molecule has 0 unspecified atom stereocenters. The Morgan fingerprint density at radius 3 is 2.52 bits per heavy atom. The Morgan fingerprint density at radius 2 is 2.00 bits per heavy atom. The Hall–Kier alpha value is -1.18. The first-order chi connectivity index (χ1) is 9.77. The average molecular weight is 335 g/mol. The first kappa shape index (κ1) is 16.2. The van der Waals surface area contributed by atoms with Crippen molar-refractivity contribution in [3.8, 4) is 0 Å². The van der Waals surface area contributed by atoms with Crippen molar-refractivity contribution < 1.29 is 17.6 Å². The standard InChI is InChI=1S/C13H16ClFN2O3S/c1-21(19,20)17-6-4-9(5-7-17)13(18)16-12-3-2-10(14)8-11(12)15/h2-3,8-9H,4-7H2,1H3,(H,16,18). The van der Waals surface area contributed by atoms with Gasteiger partial charge in [-0.15, -0.1) is 0 Å². The lowest BCUT2D eigenvalue weighted by atomic mass is 9.97. The molecule has 1 aromatic carbocycles. The summed E-state index contributed by atoms with van der Waals surface area (Å²) in [6, 6.07) is 4.02. The fourth-order valence-electron chi connectivity index (χ4n) is 2.28. The third-order valence-electron chi connectivity index (χ3n) is 3.48. The maximum Gasteiger partial charge on any atom is 0.227 e. The number of hydrogen-bond acceptors (Lipinski definition) is 3. The zero-order chi connectivity index (χ0) is 15.6. The van der Waals surface area contributed by atoms with Crippen molar-refractivity contribution in [3.63, 3.8) is 0 Å². The molecule has 2 rings (SSSR count). The van der Waals surface area contributed by atoms with Crippen LogP contribution in [0.3, 0.4) is 0 Å². The zero-order valence-corrected chi connectivity index (χ0v) is 13.0. The number of anilines is 1. The average Bonchev–Trinajstić information content (AvgIpc) is 2.41. The highest BCUT2D eigenvalue weighted by Crippen LogP contribution is 2.23. The first-order valence-corrected chi connectivity index (χ1v) is 8.71. The highest BCUT2D eigenvalue weighted by Gasteiger charge is 2.29. The fourth-order valence-corrected chi connectivity index (χ4v) is 3.31. The lowest BCUT2D eigenvalue weighted by molar-refractivity contribution is -0.120. The number of carbonyl (C=O) groups excluding carboxylic acids is 1. The molecule has 1 aromatic rings. The number of sulfonamides is 1. The molecule has 1 amide bonds. The van der Waals surface area contributed by atoms with Gasteiger partial charge in [0.15, 0.2) is 0 Å². The van der Waals surface area contributed by atoms with Gasteiger partial charge in [0.05, 0.1) is 11.9 Å². The smallest absolute Gasteiger partial charge is 0.227 e. The number of piperidine rings is 1. The van der Waals surface area contributed by atoms with Crippen LogP contribution in [0.4, 0.5) is 10.1 Å². The predicted molar refractivity (Wildman–Crippen MR) is 79.2 cm³/mol. The summed E-state index contributed by atoms with van der Waals surface area (Å²) in [5.41, 5.74) is 0.0787. The van der Waals surface area contributed by atoms with Crippen LogP contribution in [0.2, 0.25) is 5.02 Å². The van der Waals surface area contributed by atoms with Crippen molar-refractivity contribution >= 4 is 33.2 Å². The van der Waals surface area contributed by atoms with E-state index in [-0.39, 0.29) is 22.5 Å². The van der Waals surface area contributed by atoms with Crippen LogP contribution < -0.4 is 5.32 Å². The van der Waals surface area contributed by atoms with E-state index in [2.05, 4.69) is 5.32 Å². The summed E-state index contributed by atoms with van der Waals surface area (Å²) >= 11 is 5.65. The Labute approximate surface area is 128 Å². The molecular weight excluding hydrogens is 319 g/mol. The Kier molecular flexibility index (Phi) is 4.85. The van der Waals surface area contributed by atoms with Crippen LogP contribution in [0, 0.1) is 11.7 Å². The molecule has 0 radical (unpaired) electrons. The summed E-state index contributed by atoms with van der Waals surface area (Å²) < 4.78 is 37.7. The molecule has 0 bridgehead atoms. The molecule has 1 heterocycles. The monoisotopic (exact) mass is 334 g/mol. The van der Waals surface area contributed by atoms with Gasteiger partial charge in [0.1, 0.15) is 5.82 Å². The van der Waals surface area contributed by atoms with Gasteiger partial charge < -0.3 is 5.32 Å². The minimum absolute atomic E-state index is 0.0787. The summed E-state index contributed by atoms with van der Waals surface area (Å²) in [5, 5.41) is 2.78. The number of rotatable bonds is 3. The van der Waals surface area contributed by atoms with Crippen molar-refractivity contribution in [2.45, 2.75) is 12.8 Å². The molecule has 8 heteroatoms. The highest BCUT2D eigenvalue weighted by molar-refractivity contribution is 7.88. The van der Waals surface area contributed by atoms with Gasteiger partial charge in [-0.3, -0.25) is 4.79 Å². The van der Waals surface area contributed by atoms with E-state index in [0.717, 1.165) is 12.3 Å². The van der Waals surface area contributed by atoms with Crippen LogP contribution in [0.15, 0.2) is 18.2 Å². The van der Waals surface area contributed by atoms with Crippen molar-refractivity contribution in [1.29, 1.82) is 0 Å². The predicted octanol–water partition coefficient (Wildman–Crippen LogP) is 2.09. The first-order valence-electron chi connectivity index (χ1n) is 6.48. The normalized spacial score (nSPS) is 17.7. The van der Waals surface area contributed by atoms with Crippen molar-refractivity contribution in [2.24, 2.45) is 5.92 Å². The molecule has 0 atom stereocenters. The van der Waals surface area contributed by atoms with Crippen molar-refractivity contribution in [3.05, 3.63) is 29.0 Å². The van der Waals surface area contributed by atoms with Crippen LogP contribution in [-0.2, 0) is 14.8 Å². The second-order valence-electron chi connectivity index (χ2n) is 5.05. The van der Waals surface area contributed by atoms with E-state index < -0.39 is 15.8 Å². The molecule has 1 aliphatic rings. The van der Waals surface area contributed by atoms with Gasteiger partial charge in [0.2, 0.25) is 15.9 Å². The molecule has 0 spiro atoms. The lowest BCUT2D eigenvalue weighted by Gasteiger charge is -2.29. The molecule has 5 nitrogen and oxygen atoms in total. The van der Waals surface area contributed by atoms with E-state index in [1.165, 1.54) is 16.4 Å². The highest BCUT2D eigenvalue weighted by atomic mass is 35.5. The SMILES string of the molecule is CS(=O)(=O)N1CCC(C(=O)Nc2ccc(Cl)cc2F)CC1. The van der Waals surface area contributed by atoms with E-state index in [9.17, 15) is 17.6 Å². The summed E-state index contributed by atoms with van der Waals surface area (Å²) in [6.07, 6.45) is 2.00. The van der Waals surface area contributed by atoms with Gasteiger partial charge in [-0.05, 0) is 31.0 Å². The van der Waals surface area contributed by atoms with Crippen molar-refractivity contribution in [1.82, 2.24) is 4.31 Å². The largest absolute Gasteiger partial charge is 0.323 e. The number of carbonyl (C=O) groups is 1. The third-order valence-corrected chi connectivity index (χ3v) is 5.02. The Morgan fingerprint density at radius 1 is 1.38 bits per heavy atom. The Balaban J connectivity index is 1.96. The van der Waals surface area contributed by atoms with Crippen LogP contribution in [0.25, 0.3) is 0 Å². The van der Waals surface area contributed by atoms with Crippen molar-refractivity contribution in [2.75, 3.05) is 24.7 Å². The fraction of sp³-hybridized carbons (Fsp3) is 0.462. The lowest BCUT2D eigenvalue weighted by Crippen LogP contribution is -2.40. The van der Waals surface area contributed by atoms with E-state index in [4.69, 9.17) is 11.6 Å². The summed E-state index contributed by atoms with van der Waals surface area (Å²) in [5.74, 6) is -1.22. The van der Waals surface area contributed by atoms with E-state index in [0.29, 0.717) is 25.9 Å². The molecule has 1 saturated heterocycles. The van der Waals surface area contributed by atoms with Gasteiger partial charge in [0.25, 0.3) is 0 Å². The molecule has 21 heavy (non-hydrogen) atoms. The topological polar surface area (TPSA) is 66.5 Å². The number of benzene rings is 1. The Bertz CT molecular complexity index is 643. The number of nitrogens with one attached hydrogen (secondary N) is 1. The molecule has 0 aromatic heterocycles. The van der Waals surface area contributed by atoms with E-state index in [1.807, 2.05) is 0 Å². The number of hydrogen-bond donors (Lipinski definition) is 1. The zero-order valence-electron chi connectivity index (χ0n) is 11.5. The van der Waals surface area contributed by atoms with Gasteiger partial charge in [0, 0.05) is 24.0 Å². The quantitative estimate of drug-likeness (QED) is 0.920. The van der Waals surface area contributed by atoms with Gasteiger partial charge in [-0.2, -0.15) is 0 Å².